The first-order valence-electron chi connectivity index (χ1n) is 15.4. The molecule has 250 valence electrons. The summed E-state index contributed by atoms with van der Waals surface area (Å²) in [5.41, 5.74) is 0.247. The predicted molar refractivity (Wildman–Crippen MR) is 178 cm³/mol. The van der Waals surface area contributed by atoms with Crippen LogP contribution in [-0.2, 0) is 16.0 Å². The number of carbonyl (C=O) groups is 3. The number of hydrogen-bond donors (Lipinski definition) is 4. The molecule has 4 aromatic rings. The van der Waals surface area contributed by atoms with Gasteiger partial charge in [0.15, 0.2) is 28.8 Å². The molecule has 4 N–H and O–H groups in total. The number of methoxy groups -OCH3 is 3. The maximum Gasteiger partial charge on any atom is 0.231 e. The van der Waals surface area contributed by atoms with E-state index in [4.69, 9.17) is 30.5 Å². The number of aliphatic hydroxyl groups excluding tert-OH is 1. The van der Waals surface area contributed by atoms with Gasteiger partial charge in [-0.1, -0.05) is 42.8 Å². The number of Topliss-reactive ketones (excluding diaryl/α,β-unsaturated/α-hetero) is 2. The second-order valence-corrected chi connectivity index (χ2v) is 12.3. The van der Waals surface area contributed by atoms with E-state index in [0.29, 0.717) is 18.5 Å². The van der Waals surface area contributed by atoms with Crippen molar-refractivity contribution >= 4 is 40.0 Å². The number of hydrogen-bond acceptors (Lipinski definition) is 9. The summed E-state index contributed by atoms with van der Waals surface area (Å²) in [6.07, 6.45) is 2.01. The van der Waals surface area contributed by atoms with Crippen molar-refractivity contribution in [1.29, 1.82) is 0 Å². The van der Waals surface area contributed by atoms with E-state index in [-0.39, 0.29) is 57.7 Å². The van der Waals surface area contributed by atoms with Crippen molar-refractivity contribution in [3.8, 4) is 28.7 Å². The van der Waals surface area contributed by atoms with Crippen molar-refractivity contribution in [3.05, 3.63) is 87.8 Å². The van der Waals surface area contributed by atoms with Gasteiger partial charge in [-0.2, -0.15) is 0 Å². The van der Waals surface area contributed by atoms with Crippen LogP contribution in [0.3, 0.4) is 0 Å². The molecule has 0 saturated heterocycles. The number of carbonyl (C=O) groups excluding carboxylic acids is 3. The van der Waals surface area contributed by atoms with Crippen molar-refractivity contribution in [1.82, 2.24) is 10.3 Å². The van der Waals surface area contributed by atoms with Crippen molar-refractivity contribution in [2.24, 2.45) is 5.92 Å². The number of ether oxygens (including phenoxy) is 4. The Labute approximate surface area is 281 Å². The molecule has 3 aromatic carbocycles. The summed E-state index contributed by atoms with van der Waals surface area (Å²) in [5.74, 6) is -3.75. The van der Waals surface area contributed by atoms with E-state index in [0.717, 1.165) is 16.5 Å². The number of aromatic hydroxyl groups is 1. The zero-order valence-electron chi connectivity index (χ0n) is 26.8. The number of nitrogens with one attached hydrogen (secondary N) is 2. The van der Waals surface area contributed by atoms with Crippen LogP contribution in [0.25, 0.3) is 10.9 Å². The first-order valence-corrected chi connectivity index (χ1v) is 15.8. The third kappa shape index (κ3) is 5.28. The van der Waals surface area contributed by atoms with Gasteiger partial charge in [-0.25, -0.2) is 0 Å². The number of fused-ring (bicyclic) bond motifs is 2. The second-order valence-electron chi connectivity index (χ2n) is 11.9. The number of aromatic nitrogens is 1. The zero-order valence-corrected chi connectivity index (χ0v) is 27.6. The minimum Gasteiger partial charge on any atom is -0.507 e. The smallest absolute Gasteiger partial charge is 0.231 e. The molecule has 0 radical (unpaired) electrons. The van der Waals surface area contributed by atoms with E-state index in [2.05, 4.69) is 10.3 Å². The van der Waals surface area contributed by atoms with Gasteiger partial charge >= 0.3 is 0 Å². The Balaban J connectivity index is 1.39. The van der Waals surface area contributed by atoms with Crippen LogP contribution in [0.4, 0.5) is 0 Å². The molecule has 12 heteroatoms. The number of para-hydroxylation sites is 1. The standard InChI is InChI=1S/C36H35ClN2O9/c1-18-13-25(41)30(34(43)36(18)35(44)31-27(46-3)16-28(47-4)32(37)33(31)48-36)22(19-9-10-24(40)26(14-19)45-2)15-29(42)38-12-11-20-17-39-23-8-6-5-7-21(20)23/h5-10,14,16-18,22,39-40,43H,11-13,15H2,1-4H3,(H,38,42). The summed E-state index contributed by atoms with van der Waals surface area (Å²) in [6.45, 7) is 1.94. The maximum atomic E-state index is 14.3. The number of H-pyrrole nitrogens is 1. The Morgan fingerprint density at radius 1 is 1.06 bits per heavy atom. The number of ketones is 2. The van der Waals surface area contributed by atoms with Crippen LogP contribution < -0.4 is 24.3 Å². The average Bonchev–Trinajstić information content (AvgIpc) is 3.63. The van der Waals surface area contributed by atoms with E-state index in [1.807, 2.05) is 30.5 Å². The normalized spacial score (nSPS) is 19.3. The lowest BCUT2D eigenvalue weighted by molar-refractivity contribution is -0.121. The summed E-state index contributed by atoms with van der Waals surface area (Å²) in [4.78, 5) is 44.9. The van der Waals surface area contributed by atoms with Gasteiger partial charge in [0.1, 0.15) is 22.1 Å². The first-order chi connectivity index (χ1) is 23.0. The molecule has 1 amide bonds. The highest BCUT2D eigenvalue weighted by Gasteiger charge is 2.61. The van der Waals surface area contributed by atoms with Gasteiger partial charge in [0.25, 0.3) is 0 Å². The molecule has 0 fully saturated rings. The van der Waals surface area contributed by atoms with Gasteiger partial charge in [-0.05, 0) is 35.7 Å². The van der Waals surface area contributed by atoms with Crippen LogP contribution in [0.1, 0.15) is 47.2 Å². The highest BCUT2D eigenvalue weighted by molar-refractivity contribution is 6.35. The summed E-state index contributed by atoms with van der Waals surface area (Å²) in [6, 6.07) is 13.7. The van der Waals surface area contributed by atoms with Crippen LogP contribution in [0.5, 0.6) is 28.7 Å². The highest BCUT2D eigenvalue weighted by atomic mass is 35.5. The number of amides is 1. The molecule has 11 nitrogen and oxygen atoms in total. The molecule has 2 heterocycles. The Morgan fingerprint density at radius 2 is 1.79 bits per heavy atom. The number of halogens is 1. The van der Waals surface area contributed by atoms with Crippen LogP contribution >= 0.6 is 11.6 Å². The highest BCUT2D eigenvalue weighted by Crippen LogP contribution is 2.56. The maximum absolute atomic E-state index is 14.3. The number of benzene rings is 3. The van der Waals surface area contributed by atoms with Crippen molar-refractivity contribution in [3.63, 3.8) is 0 Å². The molecular weight excluding hydrogens is 640 g/mol. The summed E-state index contributed by atoms with van der Waals surface area (Å²) < 4.78 is 22.4. The molecule has 1 aromatic heterocycles. The lowest BCUT2D eigenvalue weighted by Crippen LogP contribution is -2.53. The van der Waals surface area contributed by atoms with Gasteiger partial charge in [-0.15, -0.1) is 0 Å². The van der Waals surface area contributed by atoms with E-state index < -0.39 is 40.7 Å². The van der Waals surface area contributed by atoms with Gasteiger partial charge in [0, 0.05) is 60.0 Å². The number of allylic oxidation sites excluding steroid dienone is 1. The van der Waals surface area contributed by atoms with E-state index in [9.17, 15) is 24.6 Å². The fourth-order valence-corrected chi connectivity index (χ4v) is 7.03. The third-order valence-corrected chi connectivity index (χ3v) is 9.60. The predicted octanol–water partition coefficient (Wildman–Crippen LogP) is 5.82. The Kier molecular flexibility index (Phi) is 8.74. The van der Waals surface area contributed by atoms with Crippen molar-refractivity contribution in [2.45, 2.75) is 37.7 Å². The minimum absolute atomic E-state index is 0.00590. The Hall–Kier alpha value is -5.16. The SMILES string of the molecule is COc1cc(C(CC(=O)NCCc2c[nH]c3ccccc23)C2=C(O)C3(Oc4c(Cl)c(OC)cc(OC)c4C3=O)C(C)CC2=O)ccc1O. The number of rotatable bonds is 10. The molecule has 3 atom stereocenters. The van der Waals surface area contributed by atoms with Crippen molar-refractivity contribution < 1.29 is 43.5 Å². The van der Waals surface area contributed by atoms with Crippen LogP contribution in [0, 0.1) is 5.92 Å². The fourth-order valence-electron chi connectivity index (χ4n) is 6.77. The number of aromatic amines is 1. The van der Waals surface area contributed by atoms with Crippen LogP contribution in [-0.4, -0.2) is 66.1 Å². The molecule has 6 rings (SSSR count). The second kappa shape index (κ2) is 12.8. The summed E-state index contributed by atoms with van der Waals surface area (Å²) in [5, 5.41) is 26.4. The zero-order chi connectivity index (χ0) is 34.3. The summed E-state index contributed by atoms with van der Waals surface area (Å²) >= 11 is 6.59. The molecule has 1 spiro atoms. The molecule has 48 heavy (non-hydrogen) atoms. The molecule has 0 bridgehead atoms. The molecule has 3 unspecified atom stereocenters. The Morgan fingerprint density at radius 3 is 2.52 bits per heavy atom. The third-order valence-electron chi connectivity index (χ3n) is 9.25. The molecule has 1 aliphatic heterocycles. The lowest BCUT2D eigenvalue weighted by atomic mass is 9.69. The van der Waals surface area contributed by atoms with Crippen molar-refractivity contribution in [2.75, 3.05) is 27.9 Å². The first kappa shape index (κ1) is 32.8. The Bertz CT molecular complexity index is 1980. The number of phenolic OH excluding ortho intramolecular Hbond substituents is 1. The van der Waals surface area contributed by atoms with Crippen LogP contribution in [0.2, 0.25) is 5.02 Å². The van der Waals surface area contributed by atoms with Gasteiger partial charge < -0.3 is 39.5 Å². The molecular formula is C36H35ClN2O9. The quantitative estimate of drug-likeness (QED) is 0.163. The fraction of sp³-hybridized carbons (Fsp3) is 0.306. The van der Waals surface area contributed by atoms with Gasteiger partial charge in [0.05, 0.1) is 21.3 Å². The van der Waals surface area contributed by atoms with E-state index in [1.165, 1.54) is 45.6 Å². The topological polar surface area (TPSA) is 156 Å². The lowest BCUT2D eigenvalue weighted by Gasteiger charge is -2.38. The van der Waals surface area contributed by atoms with Crippen LogP contribution in [0.15, 0.2) is 66.1 Å². The van der Waals surface area contributed by atoms with Gasteiger partial charge in [0.2, 0.25) is 17.3 Å². The summed E-state index contributed by atoms with van der Waals surface area (Å²) in [7, 11) is 4.15. The molecule has 1 aliphatic carbocycles. The largest absolute Gasteiger partial charge is 0.507 e. The van der Waals surface area contributed by atoms with E-state index >= 15 is 0 Å². The molecule has 2 aliphatic rings. The minimum atomic E-state index is -2.03. The average molecular weight is 675 g/mol. The van der Waals surface area contributed by atoms with Gasteiger partial charge in [-0.3, -0.25) is 14.4 Å². The van der Waals surface area contributed by atoms with E-state index in [1.54, 1.807) is 6.92 Å². The molecule has 0 saturated carbocycles. The monoisotopic (exact) mass is 674 g/mol. The number of phenols is 1. The number of aliphatic hydroxyl groups is 1.